The number of halogens is 2. The summed E-state index contributed by atoms with van der Waals surface area (Å²) in [6.07, 6.45) is 5.27. The maximum atomic E-state index is 14.9. The molecule has 0 unspecified atom stereocenters. The van der Waals surface area contributed by atoms with Crippen molar-refractivity contribution in [3.63, 3.8) is 0 Å². The van der Waals surface area contributed by atoms with Gasteiger partial charge in [-0.2, -0.15) is 0 Å². The largest absolute Gasteiger partial charge is 0.383 e. The fourth-order valence-electron chi connectivity index (χ4n) is 6.05. The lowest BCUT2D eigenvalue weighted by atomic mass is 9.80. The molecule has 0 spiro atoms. The Morgan fingerprint density at radius 3 is 2.75 bits per heavy atom. The van der Waals surface area contributed by atoms with E-state index >= 15 is 0 Å². The minimum atomic E-state index is -0.713. The van der Waals surface area contributed by atoms with E-state index < -0.39 is 5.79 Å². The molecule has 6 rings (SSSR count). The maximum absolute atomic E-state index is 14.9. The van der Waals surface area contributed by atoms with Gasteiger partial charge in [-0.3, -0.25) is 0 Å². The lowest BCUT2D eigenvalue weighted by Crippen LogP contribution is -2.34. The van der Waals surface area contributed by atoms with E-state index in [1.54, 1.807) is 0 Å². The molecule has 2 fully saturated rings. The van der Waals surface area contributed by atoms with Gasteiger partial charge in [-0.1, -0.05) is 19.1 Å². The molecule has 36 heavy (non-hydrogen) atoms. The Hall–Kier alpha value is -2.75. The molecule has 1 aliphatic carbocycles. The van der Waals surface area contributed by atoms with Crippen molar-refractivity contribution in [1.29, 1.82) is 0 Å². The number of nitrogens with zero attached hydrogens (tertiary/aromatic N) is 3. The molecule has 188 valence electrons. The van der Waals surface area contributed by atoms with Crippen LogP contribution >= 0.6 is 15.9 Å². The van der Waals surface area contributed by atoms with Crippen LogP contribution in [0.25, 0.3) is 21.8 Å². The van der Waals surface area contributed by atoms with Gasteiger partial charge >= 0.3 is 0 Å². The van der Waals surface area contributed by atoms with E-state index in [0.29, 0.717) is 22.5 Å². The molecule has 3 aromatic heterocycles. The Bertz CT molecular complexity index is 1500. The summed E-state index contributed by atoms with van der Waals surface area (Å²) in [5, 5.41) is 1.66. The second-order valence-corrected chi connectivity index (χ2v) is 11.7. The zero-order valence-corrected chi connectivity index (χ0v) is 22.0. The molecule has 1 aliphatic heterocycles. The van der Waals surface area contributed by atoms with Gasteiger partial charge in [0.25, 0.3) is 0 Å². The van der Waals surface area contributed by atoms with Crippen LogP contribution in [0.2, 0.25) is 0 Å². The molecule has 4 atom stereocenters. The minimum absolute atomic E-state index is 0.0917. The summed E-state index contributed by atoms with van der Waals surface area (Å²) >= 11 is 3.45. The number of hydrogen-bond donors (Lipinski definition) is 2. The number of hydrogen-bond acceptors (Lipinski definition) is 6. The third kappa shape index (κ3) is 3.76. The van der Waals surface area contributed by atoms with Crippen LogP contribution < -0.4 is 11.5 Å². The van der Waals surface area contributed by atoms with E-state index in [1.807, 2.05) is 36.7 Å². The average molecular weight is 554 g/mol. The third-order valence-electron chi connectivity index (χ3n) is 7.81. The predicted octanol–water partition coefficient (Wildman–Crippen LogP) is 5.75. The van der Waals surface area contributed by atoms with Gasteiger partial charge in [0.2, 0.25) is 0 Å². The number of benzene rings is 1. The molecule has 1 aromatic carbocycles. The van der Waals surface area contributed by atoms with E-state index in [9.17, 15) is 4.39 Å². The fraction of sp³-hybridized carbons (Fsp3) is 0.407. The third-order valence-corrected chi connectivity index (χ3v) is 8.44. The number of aryl methyl sites for hydroxylation is 1. The summed E-state index contributed by atoms with van der Waals surface area (Å²) in [6, 6.07) is 10.1. The SMILES string of the molecule is CC1(C)O[C@H]2[C@H](n3ccc4c(N)ncc(F)c43)C[C@](C)(CCc3ccc4cc(Br)c(N)nc4c3)[C@H]2O1. The fourth-order valence-corrected chi connectivity index (χ4v) is 6.38. The van der Waals surface area contributed by atoms with E-state index in [2.05, 4.69) is 51.0 Å². The molecule has 4 heterocycles. The van der Waals surface area contributed by atoms with Crippen LogP contribution in [0, 0.1) is 11.2 Å². The quantitative estimate of drug-likeness (QED) is 0.333. The van der Waals surface area contributed by atoms with Crippen molar-refractivity contribution in [2.45, 2.75) is 64.1 Å². The topological polar surface area (TPSA) is 101 Å². The smallest absolute Gasteiger partial charge is 0.165 e. The molecular formula is C27H29BrFN5O2. The molecule has 2 aliphatic rings. The Balaban J connectivity index is 1.32. The van der Waals surface area contributed by atoms with Crippen molar-refractivity contribution >= 4 is 49.4 Å². The molecule has 0 radical (unpaired) electrons. The van der Waals surface area contributed by atoms with Crippen LogP contribution in [-0.2, 0) is 15.9 Å². The van der Waals surface area contributed by atoms with Crippen LogP contribution in [-0.4, -0.2) is 32.5 Å². The maximum Gasteiger partial charge on any atom is 0.165 e. The van der Waals surface area contributed by atoms with Crippen LogP contribution in [0.5, 0.6) is 0 Å². The van der Waals surface area contributed by atoms with Crippen LogP contribution in [0.4, 0.5) is 16.0 Å². The van der Waals surface area contributed by atoms with Gasteiger partial charge in [0.05, 0.1) is 33.8 Å². The van der Waals surface area contributed by atoms with Crippen LogP contribution in [0.3, 0.4) is 0 Å². The number of nitrogen functional groups attached to an aromatic ring is 2. The first kappa shape index (κ1) is 23.6. The Kier molecular flexibility index (Phi) is 5.34. The van der Waals surface area contributed by atoms with E-state index in [-0.39, 0.29) is 29.5 Å². The minimum Gasteiger partial charge on any atom is -0.383 e. The van der Waals surface area contributed by atoms with Gasteiger partial charge in [-0.05, 0) is 78.2 Å². The van der Waals surface area contributed by atoms with Crippen molar-refractivity contribution < 1.29 is 13.9 Å². The Morgan fingerprint density at radius 2 is 1.94 bits per heavy atom. The summed E-state index contributed by atoms with van der Waals surface area (Å²) in [7, 11) is 0. The van der Waals surface area contributed by atoms with Crippen molar-refractivity contribution in [1.82, 2.24) is 14.5 Å². The second-order valence-electron chi connectivity index (χ2n) is 10.8. The zero-order valence-electron chi connectivity index (χ0n) is 20.5. The first-order chi connectivity index (χ1) is 17.0. The predicted molar refractivity (Wildman–Crippen MR) is 142 cm³/mol. The van der Waals surface area contributed by atoms with Crippen LogP contribution in [0.1, 0.15) is 45.2 Å². The van der Waals surface area contributed by atoms with Gasteiger partial charge in [0, 0.05) is 17.0 Å². The van der Waals surface area contributed by atoms with Crippen molar-refractivity contribution in [2.75, 3.05) is 11.5 Å². The first-order valence-corrected chi connectivity index (χ1v) is 12.9. The number of ether oxygens (including phenoxy) is 2. The summed E-state index contributed by atoms with van der Waals surface area (Å²) < 4.78 is 30.6. The molecule has 1 saturated heterocycles. The first-order valence-electron chi connectivity index (χ1n) is 12.2. The van der Waals surface area contributed by atoms with Gasteiger partial charge in [-0.25, -0.2) is 14.4 Å². The summed E-state index contributed by atoms with van der Waals surface area (Å²) in [5.74, 6) is -0.297. The highest BCUT2D eigenvalue weighted by molar-refractivity contribution is 9.10. The van der Waals surface area contributed by atoms with E-state index in [0.717, 1.165) is 34.6 Å². The molecule has 7 nitrogen and oxygen atoms in total. The average Bonchev–Trinajstić information content (AvgIpc) is 3.48. The second kappa shape index (κ2) is 8.13. The number of anilines is 2. The van der Waals surface area contributed by atoms with Crippen molar-refractivity contribution in [2.24, 2.45) is 5.41 Å². The molecular weight excluding hydrogens is 525 g/mol. The number of pyridine rings is 2. The van der Waals surface area contributed by atoms with E-state index in [4.69, 9.17) is 20.9 Å². The monoisotopic (exact) mass is 553 g/mol. The van der Waals surface area contributed by atoms with Gasteiger partial charge < -0.3 is 25.5 Å². The number of nitrogens with two attached hydrogens (primary N) is 2. The number of rotatable bonds is 4. The summed E-state index contributed by atoms with van der Waals surface area (Å²) in [4.78, 5) is 8.50. The Morgan fingerprint density at radius 1 is 1.14 bits per heavy atom. The standard InChI is InChI=1S/C27H29BrFN5O2/c1-26(2)35-22-20(34-9-7-16-21(34)18(29)13-32-24(16)30)12-27(3,23(22)36-26)8-6-14-4-5-15-11-17(28)25(31)33-19(15)10-14/h4-5,7,9-11,13,20,22-23H,6,8,12H2,1-3H3,(H2,30,32)(H2,31,33)/t20-,22+,23+,27+/m1/s1. The summed E-state index contributed by atoms with van der Waals surface area (Å²) in [6.45, 7) is 6.13. The number of aromatic nitrogens is 3. The van der Waals surface area contributed by atoms with Crippen molar-refractivity contribution in [3.05, 3.63) is 58.6 Å². The highest BCUT2D eigenvalue weighted by Crippen LogP contribution is 2.55. The molecule has 1 saturated carbocycles. The van der Waals surface area contributed by atoms with Gasteiger partial charge in [-0.15, -0.1) is 0 Å². The number of fused-ring (bicyclic) bond motifs is 3. The van der Waals surface area contributed by atoms with Crippen molar-refractivity contribution in [3.8, 4) is 0 Å². The highest BCUT2D eigenvalue weighted by atomic mass is 79.9. The molecule has 4 aromatic rings. The lowest BCUT2D eigenvalue weighted by molar-refractivity contribution is -0.168. The lowest BCUT2D eigenvalue weighted by Gasteiger charge is -2.32. The normalized spacial score (nSPS) is 27.2. The summed E-state index contributed by atoms with van der Waals surface area (Å²) in [5.41, 5.74) is 14.4. The molecule has 4 N–H and O–H groups in total. The van der Waals surface area contributed by atoms with Crippen LogP contribution in [0.15, 0.2) is 47.2 Å². The highest BCUT2D eigenvalue weighted by Gasteiger charge is 2.59. The Labute approximate surface area is 217 Å². The molecule has 9 heteroatoms. The zero-order chi connectivity index (χ0) is 25.4. The molecule has 0 amide bonds. The van der Waals surface area contributed by atoms with Gasteiger partial charge in [0.1, 0.15) is 17.7 Å². The molecule has 0 bridgehead atoms. The van der Waals surface area contributed by atoms with Gasteiger partial charge in [0.15, 0.2) is 11.6 Å². The van der Waals surface area contributed by atoms with E-state index in [1.165, 1.54) is 11.8 Å².